The van der Waals surface area contributed by atoms with Crippen LogP contribution in [0.25, 0.3) is 0 Å². The van der Waals surface area contributed by atoms with E-state index < -0.39 is 0 Å². The number of nitrogens with zero attached hydrogens (tertiary/aromatic N) is 3. The molecule has 1 amide bonds. The molecule has 0 bridgehead atoms. The maximum absolute atomic E-state index is 11.8. The Hall–Kier alpha value is -1.51. The SMILES string of the molecule is CCOC(=O)N1CCN(C(=NC)NCCc2ccc(C)cc2C)CC1.I. The van der Waals surface area contributed by atoms with Gasteiger partial charge in [-0.05, 0) is 38.3 Å². The fraction of sp³-hybridized carbons (Fsp3) is 0.579. The third-order valence-electron chi connectivity index (χ3n) is 4.49. The highest BCUT2D eigenvalue weighted by Gasteiger charge is 2.23. The van der Waals surface area contributed by atoms with Gasteiger partial charge in [0.25, 0.3) is 0 Å². The number of hydrogen-bond donors (Lipinski definition) is 1. The van der Waals surface area contributed by atoms with E-state index in [0.717, 1.165) is 32.0 Å². The average molecular weight is 474 g/mol. The highest BCUT2D eigenvalue weighted by Crippen LogP contribution is 2.11. The summed E-state index contributed by atoms with van der Waals surface area (Å²) in [7, 11) is 1.80. The first-order valence-electron chi connectivity index (χ1n) is 8.98. The van der Waals surface area contributed by atoms with Gasteiger partial charge in [-0.1, -0.05) is 23.8 Å². The Morgan fingerprint density at radius 3 is 2.42 bits per heavy atom. The first-order valence-corrected chi connectivity index (χ1v) is 8.98. The predicted molar refractivity (Wildman–Crippen MR) is 117 cm³/mol. The molecule has 1 N–H and O–H groups in total. The molecule has 0 aromatic heterocycles. The molecule has 0 aliphatic carbocycles. The monoisotopic (exact) mass is 474 g/mol. The lowest BCUT2D eigenvalue weighted by Crippen LogP contribution is -2.54. The Balaban J connectivity index is 0.00000338. The van der Waals surface area contributed by atoms with Gasteiger partial charge in [-0.3, -0.25) is 4.99 Å². The Labute approximate surface area is 174 Å². The quantitative estimate of drug-likeness (QED) is 0.415. The van der Waals surface area contributed by atoms with E-state index in [1.54, 1.807) is 11.9 Å². The normalized spacial score (nSPS) is 14.7. The maximum atomic E-state index is 11.8. The number of piperazine rings is 1. The van der Waals surface area contributed by atoms with Gasteiger partial charge in [0.15, 0.2) is 5.96 Å². The second-order valence-corrected chi connectivity index (χ2v) is 6.33. The summed E-state index contributed by atoms with van der Waals surface area (Å²) in [5.74, 6) is 0.897. The van der Waals surface area contributed by atoms with Crippen LogP contribution in [0.5, 0.6) is 0 Å². The molecule has 1 saturated heterocycles. The standard InChI is InChI=1S/C19H30N4O2.HI/c1-5-25-19(24)23-12-10-22(11-13-23)18(20-4)21-9-8-17-7-6-15(2)14-16(17)3;/h6-7,14H,5,8-13H2,1-4H3,(H,20,21);1H. The molecule has 0 atom stereocenters. The number of halogens is 1. The van der Waals surface area contributed by atoms with Gasteiger partial charge < -0.3 is 19.9 Å². The molecule has 7 heteroatoms. The van der Waals surface area contributed by atoms with E-state index in [0.29, 0.717) is 19.7 Å². The molecular weight excluding hydrogens is 443 g/mol. The third kappa shape index (κ3) is 6.34. The number of nitrogens with one attached hydrogen (secondary N) is 1. The number of ether oxygens (including phenoxy) is 1. The number of rotatable bonds is 4. The Kier molecular flexibility index (Phi) is 9.75. The van der Waals surface area contributed by atoms with Crippen molar-refractivity contribution in [2.45, 2.75) is 27.2 Å². The van der Waals surface area contributed by atoms with Gasteiger partial charge in [0, 0.05) is 39.8 Å². The smallest absolute Gasteiger partial charge is 0.409 e. The number of hydrogen-bond acceptors (Lipinski definition) is 3. The zero-order valence-corrected chi connectivity index (χ0v) is 18.6. The van der Waals surface area contributed by atoms with Crippen LogP contribution in [0, 0.1) is 13.8 Å². The zero-order valence-electron chi connectivity index (χ0n) is 16.2. The number of benzene rings is 1. The van der Waals surface area contributed by atoms with Gasteiger partial charge in [-0.25, -0.2) is 4.79 Å². The number of amides is 1. The largest absolute Gasteiger partial charge is 0.450 e. The van der Waals surface area contributed by atoms with E-state index in [4.69, 9.17) is 4.74 Å². The lowest BCUT2D eigenvalue weighted by atomic mass is 10.0. The van der Waals surface area contributed by atoms with Crippen LogP contribution in [0.3, 0.4) is 0 Å². The first kappa shape index (κ1) is 22.5. The Morgan fingerprint density at radius 2 is 1.85 bits per heavy atom. The maximum Gasteiger partial charge on any atom is 0.409 e. The van der Waals surface area contributed by atoms with Crippen LogP contribution < -0.4 is 5.32 Å². The van der Waals surface area contributed by atoms with Crippen molar-refractivity contribution in [3.63, 3.8) is 0 Å². The second kappa shape index (κ2) is 11.3. The summed E-state index contributed by atoms with van der Waals surface area (Å²) in [5, 5.41) is 3.44. The van der Waals surface area contributed by atoms with E-state index in [-0.39, 0.29) is 30.1 Å². The van der Waals surface area contributed by atoms with Crippen molar-refractivity contribution in [1.29, 1.82) is 0 Å². The van der Waals surface area contributed by atoms with Crippen LogP contribution in [0.1, 0.15) is 23.6 Å². The summed E-state index contributed by atoms with van der Waals surface area (Å²) >= 11 is 0. The Bertz CT molecular complexity index is 614. The van der Waals surface area contributed by atoms with Gasteiger partial charge >= 0.3 is 6.09 Å². The van der Waals surface area contributed by atoms with Crippen LogP contribution in [-0.2, 0) is 11.2 Å². The van der Waals surface area contributed by atoms with E-state index in [2.05, 4.69) is 47.3 Å². The van der Waals surface area contributed by atoms with Crippen LogP contribution >= 0.6 is 24.0 Å². The van der Waals surface area contributed by atoms with Crippen molar-refractivity contribution < 1.29 is 9.53 Å². The van der Waals surface area contributed by atoms with Crippen molar-refractivity contribution >= 4 is 36.0 Å². The predicted octanol–water partition coefficient (Wildman–Crippen LogP) is 2.81. The van der Waals surface area contributed by atoms with E-state index in [9.17, 15) is 4.79 Å². The second-order valence-electron chi connectivity index (χ2n) is 6.33. The van der Waals surface area contributed by atoms with Crippen molar-refractivity contribution in [2.75, 3.05) is 46.4 Å². The zero-order chi connectivity index (χ0) is 18.2. The van der Waals surface area contributed by atoms with Crippen LogP contribution in [-0.4, -0.2) is 68.2 Å². The molecule has 146 valence electrons. The number of guanidine groups is 1. The van der Waals surface area contributed by atoms with E-state index >= 15 is 0 Å². The minimum Gasteiger partial charge on any atom is -0.450 e. The van der Waals surface area contributed by atoms with Crippen LogP contribution in [0.15, 0.2) is 23.2 Å². The summed E-state index contributed by atoms with van der Waals surface area (Å²) in [5.41, 5.74) is 3.99. The van der Waals surface area contributed by atoms with Crippen molar-refractivity contribution in [2.24, 2.45) is 4.99 Å². The van der Waals surface area contributed by atoms with Gasteiger partial charge in [-0.15, -0.1) is 24.0 Å². The minimum atomic E-state index is -0.222. The number of carbonyl (C=O) groups excluding carboxylic acids is 1. The molecule has 26 heavy (non-hydrogen) atoms. The molecule has 1 aromatic rings. The lowest BCUT2D eigenvalue weighted by molar-refractivity contribution is 0.0915. The number of carbonyl (C=O) groups is 1. The molecule has 0 spiro atoms. The summed E-state index contributed by atoms with van der Waals surface area (Å²) in [6.45, 7) is 10.2. The van der Waals surface area contributed by atoms with E-state index in [1.807, 2.05) is 6.92 Å². The fourth-order valence-electron chi connectivity index (χ4n) is 3.08. The molecule has 1 aliphatic heterocycles. The molecule has 0 saturated carbocycles. The Morgan fingerprint density at radius 1 is 1.19 bits per heavy atom. The molecule has 2 rings (SSSR count). The van der Waals surface area contributed by atoms with Crippen LogP contribution in [0.2, 0.25) is 0 Å². The molecule has 1 heterocycles. The van der Waals surface area contributed by atoms with Gasteiger partial charge in [0.2, 0.25) is 0 Å². The summed E-state index contributed by atoms with van der Waals surface area (Å²) in [4.78, 5) is 20.1. The number of aliphatic imine (C=N–C) groups is 1. The minimum absolute atomic E-state index is 0. The summed E-state index contributed by atoms with van der Waals surface area (Å²) in [6, 6.07) is 6.58. The van der Waals surface area contributed by atoms with E-state index in [1.165, 1.54) is 16.7 Å². The molecular formula is C19H31IN4O2. The summed E-state index contributed by atoms with van der Waals surface area (Å²) in [6.07, 6.45) is 0.744. The molecule has 1 fully saturated rings. The topological polar surface area (TPSA) is 57.2 Å². The van der Waals surface area contributed by atoms with Gasteiger partial charge in [0.1, 0.15) is 0 Å². The average Bonchev–Trinajstić information content (AvgIpc) is 2.61. The summed E-state index contributed by atoms with van der Waals surface area (Å²) < 4.78 is 5.06. The molecule has 0 radical (unpaired) electrons. The molecule has 6 nitrogen and oxygen atoms in total. The lowest BCUT2D eigenvalue weighted by Gasteiger charge is -2.35. The van der Waals surface area contributed by atoms with Gasteiger partial charge in [-0.2, -0.15) is 0 Å². The fourth-order valence-corrected chi connectivity index (χ4v) is 3.08. The van der Waals surface area contributed by atoms with Gasteiger partial charge in [0.05, 0.1) is 6.61 Å². The molecule has 1 aliphatic rings. The molecule has 0 unspecified atom stereocenters. The van der Waals surface area contributed by atoms with Crippen molar-refractivity contribution in [3.8, 4) is 0 Å². The van der Waals surface area contributed by atoms with Crippen molar-refractivity contribution in [1.82, 2.24) is 15.1 Å². The highest BCUT2D eigenvalue weighted by atomic mass is 127. The van der Waals surface area contributed by atoms with Crippen LogP contribution in [0.4, 0.5) is 4.79 Å². The first-order chi connectivity index (χ1) is 12.0. The third-order valence-corrected chi connectivity index (χ3v) is 4.49. The highest BCUT2D eigenvalue weighted by molar-refractivity contribution is 14.0. The molecule has 1 aromatic carbocycles. The number of aryl methyl sites for hydroxylation is 2. The van der Waals surface area contributed by atoms with Crippen molar-refractivity contribution in [3.05, 3.63) is 34.9 Å².